The average molecular weight is 460 g/mol. The number of aromatic carboxylic acids is 1. The third kappa shape index (κ3) is 4.79. The number of carbonyl (C=O) groups is 1. The van der Waals surface area contributed by atoms with Crippen LogP contribution in [-0.4, -0.2) is 50.4 Å². The number of benzene rings is 2. The van der Waals surface area contributed by atoms with Crippen molar-refractivity contribution in [3.8, 4) is 28.3 Å². The number of carboxylic acid groups (broad SMARTS) is 1. The molecule has 0 amide bonds. The monoisotopic (exact) mass is 459 g/mol. The highest BCUT2D eigenvalue weighted by Crippen LogP contribution is 2.31. The van der Waals surface area contributed by atoms with Gasteiger partial charge in [0.1, 0.15) is 17.9 Å². The van der Waals surface area contributed by atoms with Crippen LogP contribution in [0, 0.1) is 13.8 Å². The van der Waals surface area contributed by atoms with Crippen LogP contribution >= 0.6 is 0 Å². The number of aromatic amines is 1. The van der Waals surface area contributed by atoms with Gasteiger partial charge in [0.25, 0.3) is 0 Å². The number of H-pyrrole nitrogens is 1. The van der Waals surface area contributed by atoms with Gasteiger partial charge in [0.05, 0.1) is 12.3 Å². The van der Waals surface area contributed by atoms with Gasteiger partial charge in [-0.25, -0.2) is 4.79 Å². The van der Waals surface area contributed by atoms with E-state index in [2.05, 4.69) is 25.6 Å². The van der Waals surface area contributed by atoms with Gasteiger partial charge in [0.15, 0.2) is 0 Å². The number of hydrogen-bond acceptors (Lipinski definition) is 7. The minimum atomic E-state index is -1.06. The Labute approximate surface area is 196 Å². The molecule has 9 nitrogen and oxygen atoms in total. The van der Waals surface area contributed by atoms with Crippen LogP contribution in [0.15, 0.2) is 48.5 Å². The topological polar surface area (TPSA) is 123 Å². The van der Waals surface area contributed by atoms with Crippen LogP contribution in [0.3, 0.4) is 0 Å². The quantitative estimate of drug-likeness (QED) is 0.385. The van der Waals surface area contributed by atoms with Crippen molar-refractivity contribution in [2.45, 2.75) is 26.9 Å². The highest BCUT2D eigenvalue weighted by atomic mass is 16.5. The summed E-state index contributed by atoms with van der Waals surface area (Å²) in [4.78, 5) is 16.5. The molecule has 0 saturated heterocycles. The van der Waals surface area contributed by atoms with Gasteiger partial charge in [-0.05, 0) is 35.8 Å². The molecule has 0 atom stereocenters. The standard InChI is InChI=1S/C25H25N5O4/c1-15-16(2)26-21(12-13-33-3)22(25(31)32)23(15)34-14-17-8-10-18(11-9-17)19-6-4-5-7-20(19)24-27-29-30-28-24/h4-11H,12-14H2,1-3H3,(H,31,32)(H,27,28,29,30). The fourth-order valence-electron chi connectivity index (χ4n) is 3.75. The molecule has 0 aliphatic heterocycles. The second kappa shape index (κ2) is 10.2. The molecule has 0 unspecified atom stereocenters. The first-order chi connectivity index (χ1) is 16.5. The van der Waals surface area contributed by atoms with Gasteiger partial charge in [-0.2, -0.15) is 5.21 Å². The maximum absolute atomic E-state index is 12.0. The van der Waals surface area contributed by atoms with E-state index in [9.17, 15) is 9.90 Å². The Morgan fingerprint density at radius 3 is 2.44 bits per heavy atom. The summed E-state index contributed by atoms with van der Waals surface area (Å²) in [5.74, 6) is -0.195. The van der Waals surface area contributed by atoms with Gasteiger partial charge in [-0.3, -0.25) is 4.98 Å². The molecule has 2 N–H and O–H groups in total. The van der Waals surface area contributed by atoms with Crippen molar-refractivity contribution in [3.63, 3.8) is 0 Å². The number of hydrogen-bond donors (Lipinski definition) is 2. The Morgan fingerprint density at radius 2 is 1.79 bits per heavy atom. The van der Waals surface area contributed by atoms with Crippen molar-refractivity contribution in [1.82, 2.24) is 25.6 Å². The number of ether oxygens (including phenoxy) is 2. The first kappa shape index (κ1) is 23.1. The number of methoxy groups -OCH3 is 1. The molecule has 0 radical (unpaired) electrons. The van der Waals surface area contributed by atoms with Crippen molar-refractivity contribution in [3.05, 3.63) is 76.6 Å². The first-order valence-electron chi connectivity index (χ1n) is 10.8. The van der Waals surface area contributed by atoms with Crippen LogP contribution in [0.2, 0.25) is 0 Å². The Morgan fingerprint density at radius 1 is 1.06 bits per heavy atom. The summed E-state index contributed by atoms with van der Waals surface area (Å²) in [6.07, 6.45) is 0.393. The summed E-state index contributed by atoms with van der Waals surface area (Å²) in [6, 6.07) is 15.7. The minimum absolute atomic E-state index is 0.0887. The summed E-state index contributed by atoms with van der Waals surface area (Å²) < 4.78 is 11.2. The minimum Gasteiger partial charge on any atom is -0.488 e. The molecule has 4 rings (SSSR count). The molecule has 2 heterocycles. The SMILES string of the molecule is COCCc1nc(C)c(C)c(OCc2ccc(-c3ccccc3-c3nn[nH]n3)cc2)c1C(=O)O. The van der Waals surface area contributed by atoms with Gasteiger partial charge in [-0.15, -0.1) is 10.2 Å². The van der Waals surface area contributed by atoms with Crippen LogP contribution in [0.1, 0.15) is 32.9 Å². The fourth-order valence-corrected chi connectivity index (χ4v) is 3.75. The van der Waals surface area contributed by atoms with Crippen LogP contribution in [0.4, 0.5) is 0 Å². The number of nitrogens with zero attached hydrogens (tertiary/aromatic N) is 4. The molecule has 0 aliphatic carbocycles. The molecule has 0 aliphatic rings. The van der Waals surface area contributed by atoms with Gasteiger partial charge in [0.2, 0.25) is 5.82 Å². The largest absolute Gasteiger partial charge is 0.488 e. The van der Waals surface area contributed by atoms with E-state index in [4.69, 9.17) is 9.47 Å². The zero-order chi connectivity index (χ0) is 24.1. The van der Waals surface area contributed by atoms with E-state index in [1.807, 2.05) is 62.4 Å². The Bertz CT molecular complexity index is 1290. The first-order valence-corrected chi connectivity index (χ1v) is 10.8. The summed E-state index contributed by atoms with van der Waals surface area (Å²) in [7, 11) is 1.57. The molecule has 4 aromatic rings. The molecular formula is C25H25N5O4. The van der Waals surface area contributed by atoms with Gasteiger partial charge in [-0.1, -0.05) is 48.5 Å². The smallest absolute Gasteiger partial charge is 0.341 e. The van der Waals surface area contributed by atoms with E-state index < -0.39 is 5.97 Å². The highest BCUT2D eigenvalue weighted by Gasteiger charge is 2.22. The third-order valence-corrected chi connectivity index (χ3v) is 5.62. The Hall–Kier alpha value is -4.11. The Kier molecular flexibility index (Phi) is 6.93. The summed E-state index contributed by atoms with van der Waals surface area (Å²) in [5, 5.41) is 24.2. The molecule has 0 spiro atoms. The normalized spacial score (nSPS) is 10.9. The van der Waals surface area contributed by atoms with E-state index in [0.29, 0.717) is 35.9 Å². The summed E-state index contributed by atoms with van der Waals surface area (Å²) >= 11 is 0. The molecular weight excluding hydrogens is 434 g/mol. The van der Waals surface area contributed by atoms with Crippen LogP contribution < -0.4 is 4.74 Å². The van der Waals surface area contributed by atoms with Crippen molar-refractivity contribution in [1.29, 1.82) is 0 Å². The maximum atomic E-state index is 12.0. The lowest BCUT2D eigenvalue weighted by Gasteiger charge is -2.17. The van der Waals surface area contributed by atoms with E-state index in [0.717, 1.165) is 27.9 Å². The lowest BCUT2D eigenvalue weighted by molar-refractivity contribution is 0.0689. The van der Waals surface area contributed by atoms with Crippen LogP contribution in [0.25, 0.3) is 22.5 Å². The number of aromatic nitrogens is 5. The summed E-state index contributed by atoms with van der Waals surface area (Å²) in [6.45, 7) is 4.27. The molecule has 2 aromatic heterocycles. The zero-order valence-corrected chi connectivity index (χ0v) is 19.2. The highest BCUT2D eigenvalue weighted by molar-refractivity contribution is 5.93. The molecule has 0 fully saturated rings. The molecule has 34 heavy (non-hydrogen) atoms. The molecule has 2 aromatic carbocycles. The van der Waals surface area contributed by atoms with E-state index in [-0.39, 0.29) is 12.2 Å². The average Bonchev–Trinajstić information content (AvgIpc) is 3.38. The number of aryl methyl sites for hydroxylation is 1. The second-order valence-electron chi connectivity index (χ2n) is 7.79. The van der Waals surface area contributed by atoms with Crippen molar-refractivity contribution in [2.24, 2.45) is 0 Å². The number of carboxylic acids is 1. The summed E-state index contributed by atoms with van der Waals surface area (Å²) in [5.41, 5.74) is 5.75. The number of tetrazole rings is 1. The van der Waals surface area contributed by atoms with Gasteiger partial charge >= 0.3 is 5.97 Å². The van der Waals surface area contributed by atoms with Crippen LogP contribution in [0.5, 0.6) is 5.75 Å². The van der Waals surface area contributed by atoms with Crippen molar-refractivity contribution >= 4 is 5.97 Å². The predicted molar refractivity (Wildman–Crippen MR) is 126 cm³/mol. The molecule has 9 heteroatoms. The maximum Gasteiger partial charge on any atom is 0.341 e. The van der Waals surface area contributed by atoms with E-state index in [1.165, 1.54) is 0 Å². The Balaban J connectivity index is 1.58. The second-order valence-corrected chi connectivity index (χ2v) is 7.79. The van der Waals surface area contributed by atoms with Gasteiger partial charge < -0.3 is 14.6 Å². The molecule has 0 bridgehead atoms. The third-order valence-electron chi connectivity index (χ3n) is 5.62. The van der Waals surface area contributed by atoms with Crippen LogP contribution in [-0.2, 0) is 17.8 Å². The van der Waals surface area contributed by atoms with Crippen molar-refractivity contribution in [2.75, 3.05) is 13.7 Å². The molecule has 0 saturated carbocycles. The lowest BCUT2D eigenvalue weighted by Crippen LogP contribution is -2.13. The lowest BCUT2D eigenvalue weighted by atomic mass is 9.98. The van der Waals surface area contributed by atoms with Gasteiger partial charge in [0, 0.05) is 30.4 Å². The predicted octanol–water partition coefficient (Wildman–Crippen LogP) is 4.01. The van der Waals surface area contributed by atoms with Crippen molar-refractivity contribution < 1.29 is 19.4 Å². The van der Waals surface area contributed by atoms with E-state index >= 15 is 0 Å². The zero-order valence-electron chi connectivity index (χ0n) is 19.2. The molecule has 174 valence electrons. The van der Waals surface area contributed by atoms with E-state index in [1.54, 1.807) is 7.11 Å². The number of pyridine rings is 1. The fraction of sp³-hybridized carbons (Fsp3) is 0.240. The number of rotatable bonds is 9. The number of nitrogens with one attached hydrogen (secondary N) is 1.